The highest BCUT2D eigenvalue weighted by Crippen LogP contribution is 2.51. The van der Waals surface area contributed by atoms with Crippen molar-refractivity contribution < 1.29 is 0 Å². The third-order valence-electron chi connectivity index (χ3n) is 6.47. The Kier molecular flexibility index (Phi) is 3.89. The normalized spacial score (nSPS) is 31.9. The van der Waals surface area contributed by atoms with Crippen molar-refractivity contribution in [2.24, 2.45) is 0 Å². The van der Waals surface area contributed by atoms with E-state index < -0.39 is 0 Å². The summed E-state index contributed by atoms with van der Waals surface area (Å²) in [5.41, 5.74) is 3.56. The van der Waals surface area contributed by atoms with Gasteiger partial charge in [0.15, 0.2) is 0 Å². The van der Waals surface area contributed by atoms with Crippen LogP contribution in [0.3, 0.4) is 0 Å². The van der Waals surface area contributed by atoms with E-state index in [1.54, 1.807) is 5.56 Å². The van der Waals surface area contributed by atoms with Crippen LogP contribution in [0, 0.1) is 0 Å². The van der Waals surface area contributed by atoms with Crippen molar-refractivity contribution in [1.82, 2.24) is 4.90 Å². The van der Waals surface area contributed by atoms with Crippen molar-refractivity contribution in [3.8, 4) is 0 Å². The fourth-order valence-corrected chi connectivity index (χ4v) is 5.21. The Bertz CT molecular complexity index is 520. The first kappa shape index (κ1) is 14.6. The van der Waals surface area contributed by atoms with Gasteiger partial charge in [0, 0.05) is 30.2 Å². The summed E-state index contributed by atoms with van der Waals surface area (Å²) < 4.78 is 0. The molecule has 0 spiro atoms. The van der Waals surface area contributed by atoms with Gasteiger partial charge in [-0.05, 0) is 50.4 Å². The summed E-state index contributed by atoms with van der Waals surface area (Å²) in [6.45, 7) is 7.63. The molecule has 2 aliphatic heterocycles. The van der Waals surface area contributed by atoms with Crippen LogP contribution >= 0.6 is 0 Å². The number of hydrogen-bond donors (Lipinski definition) is 0. The summed E-state index contributed by atoms with van der Waals surface area (Å²) >= 11 is 0. The lowest BCUT2D eigenvalue weighted by molar-refractivity contribution is 0.223. The maximum Gasteiger partial charge on any atom is 0.0408 e. The van der Waals surface area contributed by atoms with Crippen LogP contribution in [0.2, 0.25) is 0 Å². The summed E-state index contributed by atoms with van der Waals surface area (Å²) in [6.07, 6.45) is 9.80. The van der Waals surface area contributed by atoms with Gasteiger partial charge < -0.3 is 9.80 Å². The molecule has 1 aliphatic carbocycles. The topological polar surface area (TPSA) is 6.48 Å². The van der Waals surface area contributed by atoms with Gasteiger partial charge in [-0.1, -0.05) is 44.4 Å². The maximum absolute atomic E-state index is 2.77. The molecular formula is C20H30N2. The average molecular weight is 298 g/mol. The summed E-state index contributed by atoms with van der Waals surface area (Å²) in [4.78, 5) is 5.45. The van der Waals surface area contributed by atoms with Crippen LogP contribution in [-0.2, 0) is 5.41 Å². The van der Waals surface area contributed by atoms with Crippen LogP contribution in [0.15, 0.2) is 24.3 Å². The van der Waals surface area contributed by atoms with Gasteiger partial charge in [-0.3, -0.25) is 0 Å². The van der Waals surface area contributed by atoms with Crippen LogP contribution in [0.5, 0.6) is 0 Å². The first-order valence-corrected chi connectivity index (χ1v) is 9.37. The predicted octanol–water partition coefficient (Wildman–Crippen LogP) is 4.19. The molecule has 0 bridgehead atoms. The van der Waals surface area contributed by atoms with Gasteiger partial charge in [0.2, 0.25) is 0 Å². The van der Waals surface area contributed by atoms with Crippen molar-refractivity contribution >= 4 is 5.69 Å². The van der Waals surface area contributed by atoms with E-state index in [1.807, 2.05) is 0 Å². The third kappa shape index (κ3) is 2.36. The Balaban J connectivity index is 1.55. The van der Waals surface area contributed by atoms with Gasteiger partial charge in [-0.15, -0.1) is 0 Å². The number of piperidine rings is 1. The number of anilines is 1. The number of benzene rings is 1. The second-order valence-corrected chi connectivity index (χ2v) is 7.79. The Morgan fingerprint density at radius 3 is 2.68 bits per heavy atom. The van der Waals surface area contributed by atoms with Gasteiger partial charge in [-0.25, -0.2) is 0 Å². The summed E-state index contributed by atoms with van der Waals surface area (Å²) in [6, 6.07) is 9.98. The molecule has 120 valence electrons. The zero-order valence-corrected chi connectivity index (χ0v) is 14.1. The van der Waals surface area contributed by atoms with Gasteiger partial charge in [-0.2, -0.15) is 0 Å². The minimum atomic E-state index is 0.400. The van der Waals surface area contributed by atoms with Gasteiger partial charge in [0.1, 0.15) is 0 Å². The summed E-state index contributed by atoms with van der Waals surface area (Å²) in [5.74, 6) is 0. The Morgan fingerprint density at radius 1 is 1.00 bits per heavy atom. The number of rotatable bonds is 3. The first-order chi connectivity index (χ1) is 10.8. The second-order valence-electron chi connectivity index (χ2n) is 7.79. The molecule has 0 aromatic heterocycles. The molecule has 2 fully saturated rings. The van der Waals surface area contributed by atoms with Crippen molar-refractivity contribution in [3.63, 3.8) is 0 Å². The average Bonchev–Trinajstić information content (AvgIpc) is 2.83. The molecule has 2 nitrogen and oxygen atoms in total. The van der Waals surface area contributed by atoms with E-state index >= 15 is 0 Å². The van der Waals surface area contributed by atoms with E-state index in [1.165, 1.54) is 76.8 Å². The van der Waals surface area contributed by atoms with Crippen LogP contribution in [0.1, 0.15) is 57.4 Å². The molecule has 2 heteroatoms. The minimum absolute atomic E-state index is 0.400. The molecule has 1 saturated heterocycles. The number of likely N-dealkylation sites (tertiary alicyclic amines) is 1. The molecule has 4 rings (SSSR count). The highest BCUT2D eigenvalue weighted by Gasteiger charge is 2.48. The molecule has 1 aromatic carbocycles. The quantitative estimate of drug-likeness (QED) is 0.825. The summed E-state index contributed by atoms with van der Waals surface area (Å²) in [5, 5.41) is 0. The molecule has 2 unspecified atom stereocenters. The molecule has 3 aliphatic rings. The zero-order valence-electron chi connectivity index (χ0n) is 14.1. The van der Waals surface area contributed by atoms with Crippen molar-refractivity contribution in [2.75, 3.05) is 31.1 Å². The standard InChI is InChI=1S/C20H30N2/c1-20-12-6-5-11-19(20)22(18-10-4-3-9-17(18)20)16-15-21-13-7-2-8-14-21/h3-4,9-10,19H,2,5-8,11-16H2,1H3. The molecule has 0 amide bonds. The van der Waals surface area contributed by atoms with E-state index in [9.17, 15) is 0 Å². The van der Waals surface area contributed by atoms with Gasteiger partial charge in [0.05, 0.1) is 0 Å². The molecule has 0 radical (unpaired) electrons. The molecular weight excluding hydrogens is 268 g/mol. The monoisotopic (exact) mass is 298 g/mol. The van der Waals surface area contributed by atoms with Gasteiger partial charge >= 0.3 is 0 Å². The zero-order chi connectivity index (χ0) is 15.0. The van der Waals surface area contributed by atoms with Crippen LogP contribution in [0.4, 0.5) is 5.69 Å². The molecule has 0 N–H and O–H groups in total. The van der Waals surface area contributed by atoms with Crippen molar-refractivity contribution in [2.45, 2.75) is 63.3 Å². The van der Waals surface area contributed by atoms with E-state index in [2.05, 4.69) is 41.0 Å². The highest BCUT2D eigenvalue weighted by atomic mass is 15.2. The largest absolute Gasteiger partial charge is 0.366 e. The molecule has 22 heavy (non-hydrogen) atoms. The Labute approximate surface area is 135 Å². The number of para-hydroxylation sites is 1. The minimum Gasteiger partial charge on any atom is -0.366 e. The Hall–Kier alpha value is -1.02. The number of hydrogen-bond acceptors (Lipinski definition) is 2. The lowest BCUT2D eigenvalue weighted by atomic mass is 9.69. The van der Waals surface area contributed by atoms with Crippen LogP contribution in [-0.4, -0.2) is 37.1 Å². The van der Waals surface area contributed by atoms with Crippen molar-refractivity contribution in [3.05, 3.63) is 29.8 Å². The SMILES string of the molecule is CC12CCCCC1N(CCN1CCCCC1)c1ccccc12. The van der Waals surface area contributed by atoms with E-state index in [0.29, 0.717) is 5.41 Å². The van der Waals surface area contributed by atoms with Crippen LogP contribution in [0.25, 0.3) is 0 Å². The van der Waals surface area contributed by atoms with E-state index in [4.69, 9.17) is 0 Å². The maximum atomic E-state index is 2.77. The first-order valence-electron chi connectivity index (χ1n) is 9.37. The van der Waals surface area contributed by atoms with E-state index in [0.717, 1.165) is 6.04 Å². The number of fused-ring (bicyclic) bond motifs is 3. The van der Waals surface area contributed by atoms with Crippen molar-refractivity contribution in [1.29, 1.82) is 0 Å². The van der Waals surface area contributed by atoms with E-state index in [-0.39, 0.29) is 0 Å². The predicted molar refractivity (Wildman–Crippen MR) is 93.7 cm³/mol. The molecule has 2 atom stereocenters. The molecule has 1 saturated carbocycles. The second kappa shape index (κ2) is 5.88. The summed E-state index contributed by atoms with van der Waals surface area (Å²) in [7, 11) is 0. The fourth-order valence-electron chi connectivity index (χ4n) is 5.21. The Morgan fingerprint density at radius 2 is 1.82 bits per heavy atom. The molecule has 1 aromatic rings. The number of nitrogens with zero attached hydrogens (tertiary/aromatic N) is 2. The van der Waals surface area contributed by atoms with Crippen LogP contribution < -0.4 is 4.90 Å². The third-order valence-corrected chi connectivity index (χ3v) is 6.47. The smallest absolute Gasteiger partial charge is 0.0408 e. The fraction of sp³-hybridized carbons (Fsp3) is 0.700. The highest BCUT2D eigenvalue weighted by molar-refractivity contribution is 5.64. The lowest BCUT2D eigenvalue weighted by Crippen LogP contribution is -2.48. The lowest BCUT2D eigenvalue weighted by Gasteiger charge is -2.41. The van der Waals surface area contributed by atoms with Gasteiger partial charge in [0.25, 0.3) is 0 Å². The molecule has 2 heterocycles.